The standard InChI is InChI=1S/C17H12F14O4/c18-11(19,13(22,23)14(24,25)16(26,27)28)10(5-34-15(33,12(10,20)21)17(29,30)31)35-9(32)8-4-6-1-2-7(8)3-6/h1-2,6-8,33H,3-5H2. The molecule has 0 radical (unpaired) electrons. The molecule has 1 saturated carbocycles. The topological polar surface area (TPSA) is 55.8 Å². The normalized spacial score (nSPS) is 35.6. The molecule has 0 spiro atoms. The first-order chi connectivity index (χ1) is 15.4. The number of rotatable bonds is 5. The predicted octanol–water partition coefficient (Wildman–Crippen LogP) is 4.87. The van der Waals surface area contributed by atoms with Gasteiger partial charge in [0, 0.05) is 0 Å². The van der Waals surface area contributed by atoms with Gasteiger partial charge < -0.3 is 14.6 Å². The SMILES string of the molecule is O=C(OC1(C(F)(F)C(F)(F)C(F)(F)C(F)(F)F)COC(O)(C(F)(F)F)C1(F)F)C1CC2C=CC1C2. The Morgan fingerprint density at radius 2 is 1.43 bits per heavy atom. The van der Waals surface area contributed by atoms with Crippen LogP contribution in [0.3, 0.4) is 0 Å². The van der Waals surface area contributed by atoms with E-state index in [1.54, 1.807) is 0 Å². The summed E-state index contributed by atoms with van der Waals surface area (Å²) in [4.78, 5) is 12.4. The molecule has 1 saturated heterocycles. The van der Waals surface area contributed by atoms with Crippen molar-refractivity contribution in [2.24, 2.45) is 17.8 Å². The molecular weight excluding hydrogens is 534 g/mol. The van der Waals surface area contributed by atoms with Crippen molar-refractivity contribution in [3.63, 3.8) is 0 Å². The van der Waals surface area contributed by atoms with E-state index in [1.165, 1.54) is 12.2 Å². The first-order valence-corrected chi connectivity index (χ1v) is 9.33. The third-order valence-corrected chi connectivity index (χ3v) is 6.31. The zero-order chi connectivity index (χ0) is 27.3. The Bertz CT molecular complexity index is 909. The van der Waals surface area contributed by atoms with Crippen molar-refractivity contribution in [1.82, 2.24) is 0 Å². The molecular formula is C17H12F14O4. The maximum atomic E-state index is 14.8. The minimum Gasteiger partial charge on any atom is -0.443 e. The molecule has 3 rings (SSSR count). The van der Waals surface area contributed by atoms with E-state index in [4.69, 9.17) is 0 Å². The van der Waals surface area contributed by atoms with Gasteiger partial charge in [-0.1, -0.05) is 12.2 Å². The lowest BCUT2D eigenvalue weighted by Gasteiger charge is -2.45. The third-order valence-electron chi connectivity index (χ3n) is 6.31. The van der Waals surface area contributed by atoms with Crippen molar-refractivity contribution >= 4 is 5.97 Å². The maximum absolute atomic E-state index is 14.8. The van der Waals surface area contributed by atoms with Gasteiger partial charge >= 0.3 is 47.8 Å². The number of hydrogen-bond donors (Lipinski definition) is 1. The van der Waals surface area contributed by atoms with Gasteiger partial charge in [0.15, 0.2) is 0 Å². The number of ether oxygens (including phenoxy) is 2. The van der Waals surface area contributed by atoms with Crippen LogP contribution in [0.1, 0.15) is 12.8 Å². The number of aliphatic hydroxyl groups is 1. The van der Waals surface area contributed by atoms with E-state index in [0.717, 1.165) is 0 Å². The number of alkyl halides is 14. The zero-order valence-electron chi connectivity index (χ0n) is 16.5. The summed E-state index contributed by atoms with van der Waals surface area (Å²) in [5.41, 5.74) is -6.15. The zero-order valence-corrected chi connectivity index (χ0v) is 16.5. The molecule has 5 unspecified atom stereocenters. The van der Waals surface area contributed by atoms with Crippen LogP contribution in [0.15, 0.2) is 12.2 Å². The monoisotopic (exact) mass is 546 g/mol. The molecule has 0 aromatic rings. The third kappa shape index (κ3) is 3.30. The Hall–Kier alpha value is -1.85. The van der Waals surface area contributed by atoms with Gasteiger partial charge in [0.2, 0.25) is 0 Å². The molecule has 4 nitrogen and oxygen atoms in total. The molecule has 202 valence electrons. The fourth-order valence-corrected chi connectivity index (χ4v) is 4.29. The van der Waals surface area contributed by atoms with Gasteiger partial charge in [-0.15, -0.1) is 0 Å². The highest BCUT2D eigenvalue weighted by molar-refractivity contribution is 5.75. The lowest BCUT2D eigenvalue weighted by atomic mass is 9.80. The van der Waals surface area contributed by atoms with Crippen molar-refractivity contribution in [3.8, 4) is 0 Å². The van der Waals surface area contributed by atoms with Crippen molar-refractivity contribution < 1.29 is 80.8 Å². The number of hydrogen-bond acceptors (Lipinski definition) is 4. The molecule has 1 aliphatic heterocycles. The van der Waals surface area contributed by atoms with Crippen LogP contribution in [0, 0.1) is 17.8 Å². The molecule has 2 fully saturated rings. The molecule has 1 N–H and O–H groups in total. The van der Waals surface area contributed by atoms with Crippen molar-refractivity contribution in [2.75, 3.05) is 6.61 Å². The summed E-state index contributed by atoms with van der Waals surface area (Å²) in [5, 5.41) is 9.28. The number of esters is 1. The summed E-state index contributed by atoms with van der Waals surface area (Å²) in [6.45, 7) is -3.23. The van der Waals surface area contributed by atoms with Crippen LogP contribution in [0.2, 0.25) is 0 Å². The highest BCUT2D eigenvalue weighted by Crippen LogP contribution is 2.65. The second-order valence-corrected chi connectivity index (χ2v) is 8.36. The Labute approximate surface area is 184 Å². The summed E-state index contributed by atoms with van der Waals surface area (Å²) in [6.07, 6.45) is -11.9. The van der Waals surface area contributed by atoms with Crippen LogP contribution in [0.25, 0.3) is 0 Å². The summed E-state index contributed by atoms with van der Waals surface area (Å²) < 4.78 is 198. The molecule has 2 bridgehead atoms. The van der Waals surface area contributed by atoms with Crippen molar-refractivity contribution in [1.29, 1.82) is 0 Å². The Morgan fingerprint density at radius 1 is 0.886 bits per heavy atom. The van der Waals surface area contributed by atoms with Crippen LogP contribution in [-0.2, 0) is 14.3 Å². The molecule has 1 heterocycles. The average molecular weight is 546 g/mol. The Balaban J connectivity index is 2.19. The number of carbonyl (C=O) groups is 1. The second kappa shape index (κ2) is 7.35. The fraction of sp³-hybridized carbons (Fsp3) is 0.824. The number of fused-ring (bicyclic) bond motifs is 2. The van der Waals surface area contributed by atoms with Gasteiger partial charge in [0.1, 0.15) is 6.61 Å². The number of carbonyl (C=O) groups excluding carboxylic acids is 1. The molecule has 0 amide bonds. The van der Waals surface area contributed by atoms with Crippen LogP contribution in [-0.4, -0.2) is 65.1 Å². The average Bonchev–Trinajstić information content (AvgIpc) is 3.36. The van der Waals surface area contributed by atoms with E-state index >= 15 is 0 Å². The van der Waals surface area contributed by atoms with E-state index in [1.807, 2.05) is 0 Å². The largest absolute Gasteiger partial charge is 0.460 e. The van der Waals surface area contributed by atoms with E-state index < -0.39 is 77.8 Å². The van der Waals surface area contributed by atoms with E-state index in [9.17, 15) is 71.4 Å². The molecule has 18 heteroatoms. The summed E-state index contributed by atoms with van der Waals surface area (Å²) >= 11 is 0. The molecule has 0 aromatic carbocycles. The Morgan fingerprint density at radius 3 is 1.80 bits per heavy atom. The van der Waals surface area contributed by atoms with E-state index in [2.05, 4.69) is 9.47 Å². The van der Waals surface area contributed by atoms with Gasteiger partial charge in [-0.05, 0) is 24.7 Å². The van der Waals surface area contributed by atoms with E-state index in [-0.39, 0.29) is 12.8 Å². The minimum atomic E-state index is -7.93. The fourth-order valence-electron chi connectivity index (χ4n) is 4.29. The predicted molar refractivity (Wildman–Crippen MR) is 80.5 cm³/mol. The van der Waals surface area contributed by atoms with Gasteiger partial charge in [-0.3, -0.25) is 4.79 Å². The second-order valence-electron chi connectivity index (χ2n) is 8.36. The van der Waals surface area contributed by atoms with Gasteiger partial charge in [0.05, 0.1) is 5.92 Å². The smallest absolute Gasteiger partial charge is 0.443 e. The van der Waals surface area contributed by atoms with Gasteiger partial charge in [-0.2, -0.15) is 61.5 Å². The Kier molecular flexibility index (Phi) is 5.82. The van der Waals surface area contributed by atoms with Gasteiger partial charge in [-0.25, -0.2) is 0 Å². The first-order valence-electron chi connectivity index (χ1n) is 9.33. The molecule has 5 atom stereocenters. The van der Waals surface area contributed by atoms with E-state index in [0.29, 0.717) is 0 Å². The molecule has 2 aliphatic carbocycles. The summed E-state index contributed by atoms with van der Waals surface area (Å²) in [7, 11) is 0. The highest BCUT2D eigenvalue weighted by Gasteiger charge is 2.97. The van der Waals surface area contributed by atoms with Crippen LogP contribution >= 0.6 is 0 Å². The van der Waals surface area contributed by atoms with Gasteiger partial charge in [0.25, 0.3) is 5.60 Å². The van der Waals surface area contributed by atoms with Crippen molar-refractivity contribution in [2.45, 2.75) is 60.3 Å². The van der Waals surface area contributed by atoms with Crippen LogP contribution in [0.4, 0.5) is 61.5 Å². The lowest BCUT2D eigenvalue weighted by molar-refractivity contribution is -0.445. The summed E-state index contributed by atoms with van der Waals surface area (Å²) in [5.74, 6) is -41.9. The molecule has 35 heavy (non-hydrogen) atoms. The van der Waals surface area contributed by atoms with Crippen LogP contribution in [0.5, 0.6) is 0 Å². The highest BCUT2D eigenvalue weighted by atomic mass is 19.4. The van der Waals surface area contributed by atoms with Crippen molar-refractivity contribution in [3.05, 3.63) is 12.2 Å². The maximum Gasteiger partial charge on any atom is 0.460 e. The first kappa shape index (κ1) is 27.7. The number of allylic oxidation sites excluding steroid dienone is 2. The lowest BCUT2D eigenvalue weighted by Crippen LogP contribution is -2.77. The minimum absolute atomic E-state index is 0.0743. The summed E-state index contributed by atoms with van der Waals surface area (Å²) in [6, 6.07) is 0. The number of halogens is 14. The molecule has 3 aliphatic rings. The quantitative estimate of drug-likeness (QED) is 0.304. The van der Waals surface area contributed by atoms with Crippen LogP contribution < -0.4 is 0 Å². The molecule has 0 aromatic heterocycles.